The average molecular weight is 207 g/mol. The van der Waals surface area contributed by atoms with Crippen LogP contribution in [-0.2, 0) is 0 Å². The van der Waals surface area contributed by atoms with Crippen LogP contribution in [0.4, 0.5) is 0 Å². The van der Waals surface area contributed by atoms with Gasteiger partial charge in [-0.3, -0.25) is 4.79 Å². The molecule has 0 unspecified atom stereocenters. The molecule has 1 amide bonds. The Morgan fingerprint density at radius 3 is 2.53 bits per heavy atom. The Morgan fingerprint density at radius 2 is 2.00 bits per heavy atom. The standard InChI is InChI=1S/C12H17NO2/c1-9(2)8-13(3)12(15)10-6-4-5-7-11(10)14/h4-7,9,14H,8H2,1-3H3. The first-order valence-electron chi connectivity index (χ1n) is 5.06. The predicted molar refractivity (Wildman–Crippen MR) is 59.9 cm³/mol. The van der Waals surface area contributed by atoms with Crippen molar-refractivity contribution in [2.24, 2.45) is 5.92 Å². The van der Waals surface area contributed by atoms with Gasteiger partial charge in [-0.15, -0.1) is 0 Å². The third-order valence-corrected chi connectivity index (χ3v) is 2.12. The average Bonchev–Trinajstić information content (AvgIpc) is 2.16. The zero-order valence-electron chi connectivity index (χ0n) is 9.40. The molecule has 0 aromatic heterocycles. The van der Waals surface area contributed by atoms with Crippen molar-refractivity contribution >= 4 is 5.91 Å². The molecule has 0 spiro atoms. The Balaban J connectivity index is 2.81. The second-order valence-corrected chi connectivity index (χ2v) is 4.10. The zero-order valence-corrected chi connectivity index (χ0v) is 9.40. The number of benzene rings is 1. The summed E-state index contributed by atoms with van der Waals surface area (Å²) in [7, 11) is 1.74. The van der Waals surface area contributed by atoms with E-state index in [-0.39, 0.29) is 11.7 Å². The molecule has 15 heavy (non-hydrogen) atoms. The molecule has 82 valence electrons. The summed E-state index contributed by atoms with van der Waals surface area (Å²) in [4.78, 5) is 13.5. The van der Waals surface area contributed by atoms with E-state index in [0.717, 1.165) is 0 Å². The van der Waals surface area contributed by atoms with Crippen molar-refractivity contribution in [2.75, 3.05) is 13.6 Å². The van der Waals surface area contributed by atoms with Gasteiger partial charge in [-0.25, -0.2) is 0 Å². The van der Waals surface area contributed by atoms with E-state index in [1.54, 1.807) is 30.1 Å². The lowest BCUT2D eigenvalue weighted by Gasteiger charge is -2.19. The fourth-order valence-electron chi connectivity index (χ4n) is 1.49. The third-order valence-electron chi connectivity index (χ3n) is 2.12. The molecular formula is C12H17NO2. The smallest absolute Gasteiger partial charge is 0.257 e. The molecule has 0 saturated heterocycles. The minimum Gasteiger partial charge on any atom is -0.507 e. The molecule has 1 rings (SSSR count). The Kier molecular flexibility index (Phi) is 3.72. The van der Waals surface area contributed by atoms with Crippen molar-refractivity contribution in [3.63, 3.8) is 0 Å². The van der Waals surface area contributed by atoms with Crippen LogP contribution in [0.2, 0.25) is 0 Å². The Morgan fingerprint density at radius 1 is 1.40 bits per heavy atom. The lowest BCUT2D eigenvalue weighted by Crippen LogP contribution is -2.30. The summed E-state index contributed by atoms with van der Waals surface area (Å²) in [6.07, 6.45) is 0. The molecule has 3 nitrogen and oxygen atoms in total. The number of para-hydroxylation sites is 1. The molecule has 0 heterocycles. The number of hydrogen-bond acceptors (Lipinski definition) is 2. The maximum absolute atomic E-state index is 11.9. The molecule has 1 N–H and O–H groups in total. The number of carbonyl (C=O) groups excluding carboxylic acids is 1. The highest BCUT2D eigenvalue weighted by atomic mass is 16.3. The molecule has 0 radical (unpaired) electrons. The van der Waals surface area contributed by atoms with Crippen LogP contribution in [0, 0.1) is 5.92 Å². The minimum atomic E-state index is -0.137. The van der Waals surface area contributed by atoms with Crippen LogP contribution in [0.25, 0.3) is 0 Å². The van der Waals surface area contributed by atoms with Crippen LogP contribution in [0.15, 0.2) is 24.3 Å². The molecule has 0 saturated carbocycles. The van der Waals surface area contributed by atoms with E-state index in [0.29, 0.717) is 18.0 Å². The van der Waals surface area contributed by atoms with Crippen molar-refractivity contribution in [3.8, 4) is 5.75 Å². The monoisotopic (exact) mass is 207 g/mol. The molecule has 3 heteroatoms. The van der Waals surface area contributed by atoms with E-state index in [9.17, 15) is 9.90 Å². The number of phenols is 1. The van der Waals surface area contributed by atoms with Crippen LogP contribution in [0.3, 0.4) is 0 Å². The Labute approximate surface area is 90.3 Å². The fraction of sp³-hybridized carbons (Fsp3) is 0.417. The van der Waals surface area contributed by atoms with Gasteiger partial charge in [0.1, 0.15) is 5.75 Å². The predicted octanol–water partition coefficient (Wildman–Crippen LogP) is 2.12. The fourth-order valence-corrected chi connectivity index (χ4v) is 1.49. The second kappa shape index (κ2) is 4.82. The number of phenolic OH excluding ortho intramolecular Hbond substituents is 1. The van der Waals surface area contributed by atoms with Crippen molar-refractivity contribution in [3.05, 3.63) is 29.8 Å². The van der Waals surface area contributed by atoms with Gasteiger partial charge in [0.05, 0.1) is 5.56 Å². The summed E-state index contributed by atoms with van der Waals surface area (Å²) < 4.78 is 0. The van der Waals surface area contributed by atoms with Gasteiger partial charge in [-0.05, 0) is 18.1 Å². The van der Waals surface area contributed by atoms with Crippen LogP contribution in [0.5, 0.6) is 5.75 Å². The molecule has 0 aliphatic carbocycles. The summed E-state index contributed by atoms with van der Waals surface area (Å²) in [5, 5.41) is 9.52. The number of nitrogens with zero attached hydrogens (tertiary/aromatic N) is 1. The van der Waals surface area contributed by atoms with Gasteiger partial charge in [0, 0.05) is 13.6 Å². The van der Waals surface area contributed by atoms with E-state index in [1.807, 2.05) is 0 Å². The molecule has 0 fully saturated rings. The SMILES string of the molecule is CC(C)CN(C)C(=O)c1ccccc1O. The molecule has 1 aromatic rings. The first kappa shape index (κ1) is 11.6. The summed E-state index contributed by atoms with van der Waals surface area (Å²) in [6, 6.07) is 6.61. The zero-order chi connectivity index (χ0) is 11.4. The number of aromatic hydroxyl groups is 1. The first-order chi connectivity index (χ1) is 7.02. The number of amides is 1. The molecular weight excluding hydrogens is 190 g/mol. The van der Waals surface area contributed by atoms with E-state index >= 15 is 0 Å². The summed E-state index contributed by atoms with van der Waals surface area (Å²) in [6.45, 7) is 4.79. The van der Waals surface area contributed by atoms with E-state index < -0.39 is 0 Å². The van der Waals surface area contributed by atoms with Gasteiger partial charge < -0.3 is 10.0 Å². The van der Waals surface area contributed by atoms with Gasteiger partial charge in [0.25, 0.3) is 5.91 Å². The van der Waals surface area contributed by atoms with Gasteiger partial charge >= 0.3 is 0 Å². The molecule has 0 atom stereocenters. The van der Waals surface area contributed by atoms with Crippen LogP contribution in [-0.4, -0.2) is 29.5 Å². The molecule has 0 bridgehead atoms. The molecule has 1 aromatic carbocycles. The van der Waals surface area contributed by atoms with E-state index in [2.05, 4.69) is 13.8 Å². The van der Waals surface area contributed by atoms with Crippen LogP contribution < -0.4 is 0 Å². The quantitative estimate of drug-likeness (QED) is 0.824. The van der Waals surface area contributed by atoms with Gasteiger partial charge in [0.15, 0.2) is 0 Å². The first-order valence-corrected chi connectivity index (χ1v) is 5.06. The maximum atomic E-state index is 11.9. The van der Waals surface area contributed by atoms with Crippen LogP contribution in [0.1, 0.15) is 24.2 Å². The highest BCUT2D eigenvalue weighted by molar-refractivity contribution is 5.96. The van der Waals surface area contributed by atoms with Gasteiger partial charge in [0.2, 0.25) is 0 Å². The van der Waals surface area contributed by atoms with Crippen molar-refractivity contribution < 1.29 is 9.90 Å². The normalized spacial score (nSPS) is 10.4. The largest absolute Gasteiger partial charge is 0.507 e. The topological polar surface area (TPSA) is 40.5 Å². The van der Waals surface area contributed by atoms with Crippen molar-refractivity contribution in [1.29, 1.82) is 0 Å². The Bertz CT molecular complexity index is 347. The number of hydrogen-bond donors (Lipinski definition) is 1. The highest BCUT2D eigenvalue weighted by Crippen LogP contribution is 2.17. The van der Waals surface area contributed by atoms with Crippen molar-refractivity contribution in [1.82, 2.24) is 4.90 Å². The Hall–Kier alpha value is -1.51. The van der Waals surface area contributed by atoms with Crippen molar-refractivity contribution in [2.45, 2.75) is 13.8 Å². The maximum Gasteiger partial charge on any atom is 0.257 e. The lowest BCUT2D eigenvalue weighted by molar-refractivity contribution is 0.0776. The number of carbonyl (C=O) groups is 1. The van der Waals surface area contributed by atoms with Gasteiger partial charge in [-0.2, -0.15) is 0 Å². The van der Waals surface area contributed by atoms with Crippen LogP contribution >= 0.6 is 0 Å². The van der Waals surface area contributed by atoms with E-state index in [4.69, 9.17) is 0 Å². The molecule has 0 aliphatic rings. The minimum absolute atomic E-state index is 0.0399. The third kappa shape index (κ3) is 2.98. The van der Waals surface area contributed by atoms with Gasteiger partial charge in [-0.1, -0.05) is 26.0 Å². The number of rotatable bonds is 3. The van der Waals surface area contributed by atoms with E-state index in [1.165, 1.54) is 6.07 Å². The lowest BCUT2D eigenvalue weighted by atomic mass is 10.1. The second-order valence-electron chi connectivity index (χ2n) is 4.10. The summed E-state index contributed by atoms with van der Waals surface area (Å²) in [5.41, 5.74) is 0.362. The summed E-state index contributed by atoms with van der Waals surface area (Å²) in [5.74, 6) is 0.324. The highest BCUT2D eigenvalue weighted by Gasteiger charge is 2.15. The molecule has 0 aliphatic heterocycles. The summed E-state index contributed by atoms with van der Waals surface area (Å²) >= 11 is 0.